The van der Waals surface area contributed by atoms with E-state index in [0.29, 0.717) is 0 Å². The molecule has 0 saturated carbocycles. The number of hydrogen-bond acceptors (Lipinski definition) is 6. The van der Waals surface area contributed by atoms with Crippen molar-refractivity contribution in [2.75, 3.05) is 0 Å². The number of aliphatic carboxylic acids is 2. The lowest BCUT2D eigenvalue weighted by Crippen LogP contribution is -2.48. The van der Waals surface area contributed by atoms with Crippen molar-refractivity contribution in [3.8, 4) is 0 Å². The summed E-state index contributed by atoms with van der Waals surface area (Å²) in [6.07, 6.45) is -1.47. The van der Waals surface area contributed by atoms with Crippen LogP contribution in [0.25, 0.3) is 0 Å². The van der Waals surface area contributed by atoms with Gasteiger partial charge < -0.3 is 24.5 Å². The number of carbonyl (C=O) groups excluding carboxylic acids is 3. The molecule has 1 rings (SSSR count). The Labute approximate surface area is 134 Å². The fourth-order valence-corrected chi connectivity index (χ4v) is 2.26. The third kappa shape index (κ3) is 4.18. The van der Waals surface area contributed by atoms with Crippen molar-refractivity contribution in [1.82, 2.24) is 0 Å². The minimum Gasteiger partial charge on any atom is -0.549 e. The highest BCUT2D eigenvalue weighted by Gasteiger charge is 2.37. The molecule has 0 fully saturated rings. The van der Waals surface area contributed by atoms with E-state index in [9.17, 15) is 24.6 Å². The van der Waals surface area contributed by atoms with Crippen LogP contribution in [0.4, 0.5) is 0 Å². The van der Waals surface area contributed by atoms with E-state index in [-0.39, 0.29) is 6.42 Å². The maximum atomic E-state index is 12.1. The molecule has 6 heteroatoms. The molecular weight excluding hydrogens is 300 g/mol. The first-order valence-electron chi connectivity index (χ1n) is 7.11. The minimum absolute atomic E-state index is 0.184. The van der Waals surface area contributed by atoms with Gasteiger partial charge in [-0.15, -0.1) is 0 Å². The van der Waals surface area contributed by atoms with Crippen molar-refractivity contribution < 1.29 is 29.3 Å². The number of ether oxygens (including phenoxy) is 1. The molecule has 0 aliphatic rings. The Bertz CT molecular complexity index is 607. The van der Waals surface area contributed by atoms with Crippen molar-refractivity contribution in [2.45, 2.75) is 32.8 Å². The SMILES string of the molecule is C=C(C(=O)[O-])C(CC)(CC(=O)OC(C)c1ccccc1)C(=O)[O-]. The second-order valence-electron chi connectivity index (χ2n) is 5.21. The highest BCUT2D eigenvalue weighted by molar-refractivity contribution is 5.96. The van der Waals surface area contributed by atoms with Crippen molar-refractivity contribution >= 4 is 17.9 Å². The van der Waals surface area contributed by atoms with E-state index in [2.05, 4.69) is 6.58 Å². The van der Waals surface area contributed by atoms with E-state index in [4.69, 9.17) is 4.74 Å². The zero-order valence-electron chi connectivity index (χ0n) is 13.0. The van der Waals surface area contributed by atoms with Gasteiger partial charge in [0.2, 0.25) is 0 Å². The van der Waals surface area contributed by atoms with E-state index in [1.807, 2.05) is 0 Å². The Morgan fingerprint density at radius 3 is 2.22 bits per heavy atom. The maximum Gasteiger partial charge on any atom is 0.307 e. The minimum atomic E-state index is -2.05. The van der Waals surface area contributed by atoms with Gasteiger partial charge in [-0.2, -0.15) is 0 Å². The molecule has 0 N–H and O–H groups in total. The molecule has 6 nitrogen and oxygen atoms in total. The van der Waals surface area contributed by atoms with Crippen LogP contribution in [0.1, 0.15) is 38.4 Å². The number of carboxylic acids is 2. The van der Waals surface area contributed by atoms with E-state index in [1.54, 1.807) is 37.3 Å². The summed E-state index contributed by atoms with van der Waals surface area (Å²) in [6, 6.07) is 8.86. The molecule has 0 aromatic heterocycles. The van der Waals surface area contributed by atoms with Crippen LogP contribution in [0.15, 0.2) is 42.5 Å². The highest BCUT2D eigenvalue weighted by Crippen LogP contribution is 2.35. The highest BCUT2D eigenvalue weighted by atomic mass is 16.5. The van der Waals surface area contributed by atoms with E-state index < -0.39 is 41.4 Å². The van der Waals surface area contributed by atoms with Crippen LogP contribution in [-0.2, 0) is 19.1 Å². The standard InChI is InChI=1S/C17H20O6/c1-4-17(16(21)22,11(2)15(19)20)10-14(18)23-12(3)13-8-6-5-7-9-13/h5-9,12H,2,4,10H2,1,3H3,(H,19,20)(H,21,22)/p-2. The van der Waals surface area contributed by atoms with Crippen LogP contribution >= 0.6 is 0 Å². The quantitative estimate of drug-likeness (QED) is 0.498. The van der Waals surface area contributed by atoms with Gasteiger partial charge in [0, 0.05) is 5.41 Å². The summed E-state index contributed by atoms with van der Waals surface area (Å²) < 4.78 is 5.19. The van der Waals surface area contributed by atoms with Crippen molar-refractivity contribution in [3.63, 3.8) is 0 Å². The Kier molecular flexibility index (Phi) is 6.07. The fraction of sp³-hybridized carbons (Fsp3) is 0.353. The van der Waals surface area contributed by atoms with Crippen LogP contribution in [0, 0.1) is 5.41 Å². The first-order valence-corrected chi connectivity index (χ1v) is 7.11. The largest absolute Gasteiger partial charge is 0.549 e. The third-order valence-corrected chi connectivity index (χ3v) is 3.84. The first kappa shape index (κ1) is 18.4. The van der Waals surface area contributed by atoms with Crippen molar-refractivity contribution in [2.24, 2.45) is 5.41 Å². The van der Waals surface area contributed by atoms with Crippen molar-refractivity contribution in [1.29, 1.82) is 0 Å². The third-order valence-electron chi connectivity index (χ3n) is 3.84. The average Bonchev–Trinajstić information content (AvgIpc) is 2.52. The monoisotopic (exact) mass is 318 g/mol. The Balaban J connectivity index is 2.92. The van der Waals surface area contributed by atoms with Gasteiger partial charge in [0.1, 0.15) is 6.10 Å². The molecule has 0 aliphatic heterocycles. The van der Waals surface area contributed by atoms with E-state index in [1.165, 1.54) is 6.92 Å². The summed E-state index contributed by atoms with van der Waals surface area (Å²) in [5.74, 6) is -4.28. The molecule has 1 aromatic rings. The fourth-order valence-electron chi connectivity index (χ4n) is 2.26. The van der Waals surface area contributed by atoms with Gasteiger partial charge in [-0.1, -0.05) is 43.8 Å². The maximum absolute atomic E-state index is 12.1. The smallest absolute Gasteiger partial charge is 0.307 e. The predicted molar refractivity (Wildman–Crippen MR) is 77.4 cm³/mol. The predicted octanol–water partition coefficient (Wildman–Crippen LogP) is 0.133. The van der Waals surface area contributed by atoms with Crippen LogP contribution < -0.4 is 10.2 Å². The number of esters is 1. The van der Waals surface area contributed by atoms with Crippen LogP contribution in [0.2, 0.25) is 0 Å². The lowest BCUT2D eigenvalue weighted by Gasteiger charge is -2.35. The molecule has 0 spiro atoms. The van der Waals surface area contributed by atoms with E-state index >= 15 is 0 Å². The van der Waals surface area contributed by atoms with Gasteiger partial charge in [0.25, 0.3) is 0 Å². The van der Waals surface area contributed by atoms with Crippen LogP contribution in [0.5, 0.6) is 0 Å². The molecule has 0 radical (unpaired) electrons. The lowest BCUT2D eigenvalue weighted by molar-refractivity contribution is -0.322. The molecule has 23 heavy (non-hydrogen) atoms. The number of carbonyl (C=O) groups is 3. The summed E-state index contributed by atoms with van der Waals surface area (Å²) in [7, 11) is 0. The molecule has 1 aromatic carbocycles. The van der Waals surface area contributed by atoms with Gasteiger partial charge in [-0.3, -0.25) is 4.79 Å². The van der Waals surface area contributed by atoms with Gasteiger partial charge >= 0.3 is 5.97 Å². The summed E-state index contributed by atoms with van der Waals surface area (Å²) in [5, 5.41) is 22.4. The number of carboxylic acid groups (broad SMARTS) is 2. The number of hydrogen-bond donors (Lipinski definition) is 0. The van der Waals surface area contributed by atoms with Gasteiger partial charge in [0.15, 0.2) is 0 Å². The number of benzene rings is 1. The molecule has 2 unspecified atom stereocenters. The van der Waals surface area contributed by atoms with Crippen LogP contribution in [0.3, 0.4) is 0 Å². The number of rotatable bonds is 8. The summed E-state index contributed by atoms with van der Waals surface area (Å²) in [5.41, 5.74) is -2.02. The second kappa shape index (κ2) is 7.58. The Hall–Kier alpha value is -2.63. The molecule has 0 aliphatic carbocycles. The average molecular weight is 318 g/mol. The summed E-state index contributed by atoms with van der Waals surface area (Å²) in [6.45, 7) is 6.28. The normalized spacial score (nSPS) is 14.3. The van der Waals surface area contributed by atoms with Gasteiger partial charge in [0.05, 0.1) is 18.4 Å². The second-order valence-corrected chi connectivity index (χ2v) is 5.21. The zero-order chi connectivity index (χ0) is 17.6. The lowest BCUT2D eigenvalue weighted by atomic mass is 9.75. The Morgan fingerprint density at radius 1 is 1.22 bits per heavy atom. The molecule has 0 amide bonds. The summed E-state index contributed by atoms with van der Waals surface area (Å²) in [4.78, 5) is 34.5. The molecular formula is C17H18O6-2. The molecule has 2 atom stereocenters. The Morgan fingerprint density at radius 2 is 1.78 bits per heavy atom. The van der Waals surface area contributed by atoms with E-state index in [0.717, 1.165) is 5.56 Å². The first-order chi connectivity index (χ1) is 10.7. The van der Waals surface area contributed by atoms with Crippen molar-refractivity contribution in [3.05, 3.63) is 48.0 Å². The molecule has 124 valence electrons. The summed E-state index contributed by atoms with van der Waals surface area (Å²) >= 11 is 0. The molecule has 0 bridgehead atoms. The van der Waals surface area contributed by atoms with Gasteiger partial charge in [-0.05, 0) is 24.5 Å². The van der Waals surface area contributed by atoms with Crippen LogP contribution in [-0.4, -0.2) is 17.9 Å². The topological polar surface area (TPSA) is 107 Å². The van der Waals surface area contributed by atoms with Gasteiger partial charge in [-0.25, -0.2) is 0 Å². The zero-order valence-corrected chi connectivity index (χ0v) is 13.0. The molecule has 0 saturated heterocycles. The molecule has 0 heterocycles.